The van der Waals surface area contributed by atoms with E-state index in [1.165, 1.54) is 0 Å². The molecule has 1 heterocycles. The molecule has 3 heteroatoms. The summed E-state index contributed by atoms with van der Waals surface area (Å²) in [7, 11) is 0. The lowest BCUT2D eigenvalue weighted by molar-refractivity contribution is 0.332. The molecule has 0 radical (unpaired) electrons. The summed E-state index contributed by atoms with van der Waals surface area (Å²) in [5.74, 6) is 0.641. The van der Waals surface area contributed by atoms with Crippen LogP contribution in [-0.4, -0.2) is 16.7 Å². The van der Waals surface area contributed by atoms with E-state index in [1.807, 2.05) is 6.92 Å². The number of aryl methyl sites for hydroxylation is 1. The first-order chi connectivity index (χ1) is 5.22. The van der Waals surface area contributed by atoms with Gasteiger partial charge in [0.25, 0.3) is 0 Å². The number of aromatic nitrogens is 1. The Kier molecular flexibility index (Phi) is 2.44. The van der Waals surface area contributed by atoms with Crippen LogP contribution in [-0.2, 0) is 0 Å². The maximum absolute atomic E-state index is 8.68. The summed E-state index contributed by atoms with van der Waals surface area (Å²) in [5.41, 5.74) is 1.63. The predicted molar refractivity (Wildman–Crippen MR) is 42.0 cm³/mol. The number of hydrogen-bond donors (Lipinski definition) is 1. The highest BCUT2D eigenvalue weighted by Gasteiger charge is 1.95. The van der Waals surface area contributed by atoms with Crippen LogP contribution in [0.3, 0.4) is 0 Å². The molecule has 60 valence electrons. The molecule has 3 nitrogen and oxygen atoms in total. The van der Waals surface area contributed by atoms with Gasteiger partial charge in [-0.15, -0.1) is 0 Å². The quantitative estimate of drug-likeness (QED) is 0.698. The number of aliphatic hydroxyl groups is 1. The van der Waals surface area contributed by atoms with Crippen LogP contribution in [0.4, 0.5) is 0 Å². The van der Waals surface area contributed by atoms with Gasteiger partial charge in [-0.3, -0.25) is 0 Å². The van der Waals surface area contributed by atoms with E-state index in [0.29, 0.717) is 5.89 Å². The Bertz CT molecular complexity index is 263. The minimum atomic E-state index is 0.0614. The Labute approximate surface area is 65.4 Å². The van der Waals surface area contributed by atoms with Gasteiger partial charge in [-0.05, 0) is 18.6 Å². The molecule has 0 aromatic carbocycles. The van der Waals surface area contributed by atoms with Crippen LogP contribution in [0.25, 0.3) is 6.08 Å². The first-order valence-electron chi connectivity index (χ1n) is 3.42. The van der Waals surface area contributed by atoms with Gasteiger partial charge in [0.2, 0.25) is 0 Å². The molecule has 1 N–H and O–H groups in total. The molecule has 1 aromatic heterocycles. The van der Waals surface area contributed by atoms with E-state index in [-0.39, 0.29) is 6.61 Å². The fraction of sp³-hybridized carbons (Fsp3) is 0.375. The van der Waals surface area contributed by atoms with E-state index in [2.05, 4.69) is 4.98 Å². The first-order valence-corrected chi connectivity index (χ1v) is 3.42. The zero-order valence-electron chi connectivity index (χ0n) is 6.66. The monoisotopic (exact) mass is 153 g/mol. The standard InChI is InChI=1S/C8H11NO2/c1-6(4-10)3-8-5-11-7(2)9-8/h3,5,10H,4H2,1-2H3/b6-3+. The normalized spacial score (nSPS) is 12.1. The molecule has 0 amide bonds. The van der Waals surface area contributed by atoms with Crippen molar-refractivity contribution in [2.24, 2.45) is 0 Å². The molecule has 11 heavy (non-hydrogen) atoms. The van der Waals surface area contributed by atoms with Crippen molar-refractivity contribution in [1.82, 2.24) is 4.98 Å². The molecule has 0 saturated carbocycles. The predicted octanol–water partition coefficient (Wildman–Crippen LogP) is 1.38. The molecule has 0 spiro atoms. The van der Waals surface area contributed by atoms with E-state index >= 15 is 0 Å². The van der Waals surface area contributed by atoms with Crippen molar-refractivity contribution in [2.75, 3.05) is 6.61 Å². The van der Waals surface area contributed by atoms with Gasteiger partial charge in [0.05, 0.1) is 6.61 Å². The van der Waals surface area contributed by atoms with Crippen LogP contribution in [0.15, 0.2) is 16.3 Å². The third-order valence-corrected chi connectivity index (χ3v) is 1.28. The molecule has 0 aliphatic carbocycles. The van der Waals surface area contributed by atoms with Crippen LogP contribution in [0, 0.1) is 6.92 Å². The highest BCUT2D eigenvalue weighted by Crippen LogP contribution is 2.05. The number of rotatable bonds is 2. The van der Waals surface area contributed by atoms with Gasteiger partial charge in [-0.2, -0.15) is 0 Å². The minimum absolute atomic E-state index is 0.0614. The zero-order valence-corrected chi connectivity index (χ0v) is 6.66. The summed E-state index contributed by atoms with van der Waals surface area (Å²) >= 11 is 0. The summed E-state index contributed by atoms with van der Waals surface area (Å²) in [5, 5.41) is 8.68. The molecule has 0 saturated heterocycles. The molecule has 1 rings (SSSR count). The maximum Gasteiger partial charge on any atom is 0.191 e. The second-order valence-corrected chi connectivity index (χ2v) is 2.44. The molecule has 0 unspecified atom stereocenters. The molecule has 0 fully saturated rings. The first kappa shape index (κ1) is 8.01. The Hall–Kier alpha value is -1.09. The van der Waals surface area contributed by atoms with E-state index in [1.54, 1.807) is 19.3 Å². The summed E-state index contributed by atoms with van der Waals surface area (Å²) in [6, 6.07) is 0. The molecule has 0 aliphatic rings. The van der Waals surface area contributed by atoms with Gasteiger partial charge < -0.3 is 9.52 Å². The van der Waals surface area contributed by atoms with Crippen molar-refractivity contribution < 1.29 is 9.52 Å². The number of aliphatic hydroxyl groups excluding tert-OH is 1. The van der Waals surface area contributed by atoms with Crippen molar-refractivity contribution in [3.63, 3.8) is 0 Å². The van der Waals surface area contributed by atoms with Crippen molar-refractivity contribution in [3.05, 3.63) is 23.4 Å². The lowest BCUT2D eigenvalue weighted by Crippen LogP contribution is -1.83. The van der Waals surface area contributed by atoms with Crippen molar-refractivity contribution in [2.45, 2.75) is 13.8 Å². The third kappa shape index (κ3) is 2.20. The van der Waals surface area contributed by atoms with E-state index in [0.717, 1.165) is 11.3 Å². The third-order valence-electron chi connectivity index (χ3n) is 1.28. The Morgan fingerprint density at radius 2 is 2.55 bits per heavy atom. The Morgan fingerprint density at radius 3 is 3.00 bits per heavy atom. The van der Waals surface area contributed by atoms with Crippen LogP contribution >= 0.6 is 0 Å². The number of hydrogen-bond acceptors (Lipinski definition) is 3. The van der Waals surface area contributed by atoms with Crippen molar-refractivity contribution >= 4 is 6.08 Å². The Morgan fingerprint density at radius 1 is 1.82 bits per heavy atom. The van der Waals surface area contributed by atoms with Gasteiger partial charge in [0, 0.05) is 6.92 Å². The fourth-order valence-corrected chi connectivity index (χ4v) is 0.745. The lowest BCUT2D eigenvalue weighted by atomic mass is 10.3. The maximum atomic E-state index is 8.68. The topological polar surface area (TPSA) is 46.3 Å². The number of oxazole rings is 1. The van der Waals surface area contributed by atoms with Crippen LogP contribution < -0.4 is 0 Å². The molecular formula is C8H11NO2. The van der Waals surface area contributed by atoms with Crippen LogP contribution in [0.1, 0.15) is 18.5 Å². The summed E-state index contributed by atoms with van der Waals surface area (Å²) in [6.45, 7) is 3.68. The molecular weight excluding hydrogens is 142 g/mol. The van der Waals surface area contributed by atoms with E-state index < -0.39 is 0 Å². The Balaban J connectivity index is 2.78. The van der Waals surface area contributed by atoms with Gasteiger partial charge in [0.1, 0.15) is 12.0 Å². The number of nitrogens with zero attached hydrogens (tertiary/aromatic N) is 1. The van der Waals surface area contributed by atoms with Crippen LogP contribution in [0.5, 0.6) is 0 Å². The molecule has 0 bridgehead atoms. The van der Waals surface area contributed by atoms with Gasteiger partial charge in [0.15, 0.2) is 5.89 Å². The summed E-state index contributed by atoms with van der Waals surface area (Å²) in [4.78, 5) is 4.04. The van der Waals surface area contributed by atoms with E-state index in [9.17, 15) is 0 Å². The average Bonchev–Trinajstić information content (AvgIpc) is 2.35. The average molecular weight is 153 g/mol. The van der Waals surface area contributed by atoms with Gasteiger partial charge in [-0.25, -0.2) is 4.98 Å². The molecule has 0 aliphatic heterocycles. The smallest absolute Gasteiger partial charge is 0.191 e. The van der Waals surface area contributed by atoms with Crippen molar-refractivity contribution in [1.29, 1.82) is 0 Å². The highest BCUT2D eigenvalue weighted by atomic mass is 16.3. The highest BCUT2D eigenvalue weighted by molar-refractivity contribution is 5.46. The largest absolute Gasteiger partial charge is 0.449 e. The van der Waals surface area contributed by atoms with E-state index in [4.69, 9.17) is 9.52 Å². The summed E-state index contributed by atoms with van der Waals surface area (Å²) in [6.07, 6.45) is 3.35. The SMILES string of the molecule is C/C(=C\c1coc(C)n1)CO. The van der Waals surface area contributed by atoms with Crippen LogP contribution in [0.2, 0.25) is 0 Å². The molecule has 0 atom stereocenters. The fourth-order valence-electron chi connectivity index (χ4n) is 0.745. The molecule has 1 aromatic rings. The second-order valence-electron chi connectivity index (χ2n) is 2.44. The van der Waals surface area contributed by atoms with Gasteiger partial charge >= 0.3 is 0 Å². The summed E-state index contributed by atoms with van der Waals surface area (Å²) < 4.78 is 4.97. The van der Waals surface area contributed by atoms with Crippen molar-refractivity contribution in [3.8, 4) is 0 Å². The van der Waals surface area contributed by atoms with Gasteiger partial charge in [-0.1, -0.05) is 0 Å². The lowest BCUT2D eigenvalue weighted by Gasteiger charge is -1.89. The second kappa shape index (κ2) is 3.34. The zero-order chi connectivity index (χ0) is 8.27. The minimum Gasteiger partial charge on any atom is -0.449 e.